The van der Waals surface area contributed by atoms with Crippen LogP contribution in [0.2, 0.25) is 0 Å². The van der Waals surface area contributed by atoms with Gasteiger partial charge in [0, 0.05) is 17.8 Å². The molecule has 2 aromatic rings. The topological polar surface area (TPSA) is 55.3 Å². The van der Waals surface area contributed by atoms with Gasteiger partial charge in [0.25, 0.3) is 0 Å². The molecule has 1 atom stereocenters. The van der Waals surface area contributed by atoms with E-state index in [1.165, 1.54) is 6.07 Å². The molecule has 0 bridgehead atoms. The number of rotatable bonds is 3. The third-order valence-corrected chi connectivity index (χ3v) is 5.22. The van der Waals surface area contributed by atoms with E-state index in [9.17, 15) is 9.18 Å². The van der Waals surface area contributed by atoms with Crippen LogP contribution < -0.4 is 0 Å². The molecule has 1 saturated carbocycles. The second-order valence-corrected chi connectivity index (χ2v) is 7.15. The molecule has 1 aromatic heterocycles. The van der Waals surface area contributed by atoms with Crippen LogP contribution in [0.15, 0.2) is 30.3 Å². The number of benzene rings is 1. The van der Waals surface area contributed by atoms with Crippen LogP contribution in [0.3, 0.4) is 0 Å². The van der Waals surface area contributed by atoms with Crippen LogP contribution in [0.25, 0.3) is 0 Å². The van der Waals surface area contributed by atoms with Gasteiger partial charge in [-0.05, 0) is 38.8 Å². The number of carbonyl (C=O) groups excluding carboxylic acids is 1. The molecular weight excluding hydrogens is 333 g/mol. The van der Waals surface area contributed by atoms with Crippen LogP contribution in [0.1, 0.15) is 41.7 Å². The van der Waals surface area contributed by atoms with Crippen LogP contribution >= 0.6 is 0 Å². The molecule has 4 rings (SSSR count). The van der Waals surface area contributed by atoms with Crippen molar-refractivity contribution in [3.05, 3.63) is 58.9 Å². The lowest BCUT2D eigenvalue weighted by Gasteiger charge is -2.35. The van der Waals surface area contributed by atoms with Gasteiger partial charge in [0.05, 0.1) is 24.3 Å². The summed E-state index contributed by atoms with van der Waals surface area (Å²) in [6.07, 6.45) is 1.12. The zero-order valence-corrected chi connectivity index (χ0v) is 15.0. The molecular formula is C20H22FN3O2. The number of halogens is 1. The number of aromatic nitrogens is 2. The molecule has 1 aromatic carbocycles. The first-order valence-corrected chi connectivity index (χ1v) is 8.98. The Morgan fingerprint density at radius 1 is 1.27 bits per heavy atom. The molecule has 0 unspecified atom stereocenters. The first-order valence-electron chi connectivity index (χ1n) is 8.98. The first-order chi connectivity index (χ1) is 12.5. The van der Waals surface area contributed by atoms with Crippen LogP contribution in [0.4, 0.5) is 4.39 Å². The van der Waals surface area contributed by atoms with E-state index in [2.05, 4.69) is 9.97 Å². The minimum absolute atomic E-state index is 0.00148. The molecule has 0 spiro atoms. The molecule has 1 amide bonds. The lowest BCUT2D eigenvalue weighted by molar-refractivity contribution is -0.142. The van der Waals surface area contributed by atoms with E-state index >= 15 is 0 Å². The quantitative estimate of drug-likeness (QED) is 0.850. The summed E-state index contributed by atoms with van der Waals surface area (Å²) in [5.74, 6) is 0.390. The van der Waals surface area contributed by atoms with E-state index in [4.69, 9.17) is 4.74 Å². The van der Waals surface area contributed by atoms with Crippen LogP contribution in [-0.4, -0.2) is 40.5 Å². The highest BCUT2D eigenvalue weighted by molar-refractivity contribution is 5.91. The normalized spacial score (nSPS) is 21.5. The van der Waals surface area contributed by atoms with Gasteiger partial charge < -0.3 is 9.64 Å². The van der Waals surface area contributed by atoms with Crippen LogP contribution in [0, 0.1) is 19.7 Å². The summed E-state index contributed by atoms with van der Waals surface area (Å²) in [6.45, 7) is 5.17. The number of hydrogen-bond acceptors (Lipinski definition) is 4. The number of amides is 1. The molecule has 0 radical (unpaired) electrons. The van der Waals surface area contributed by atoms with Gasteiger partial charge in [0.15, 0.2) is 0 Å². The molecule has 6 heteroatoms. The van der Waals surface area contributed by atoms with Gasteiger partial charge in [-0.25, -0.2) is 14.4 Å². The molecule has 136 valence electrons. The van der Waals surface area contributed by atoms with Crippen molar-refractivity contribution in [3.8, 4) is 0 Å². The maximum Gasteiger partial charge on any atom is 0.233 e. The second kappa shape index (κ2) is 6.43. The SMILES string of the molecule is Cc1cc([C@H]2CN(C(=O)C3(c4ccccc4F)CC3)CCO2)nc(C)n1. The Morgan fingerprint density at radius 3 is 2.73 bits per heavy atom. The average Bonchev–Trinajstić information content (AvgIpc) is 3.42. The number of morpholine rings is 1. The maximum absolute atomic E-state index is 14.3. The Morgan fingerprint density at radius 2 is 2.04 bits per heavy atom. The predicted octanol–water partition coefficient (Wildman–Crippen LogP) is 2.86. The minimum atomic E-state index is -0.704. The zero-order chi connectivity index (χ0) is 18.3. The van der Waals surface area contributed by atoms with E-state index in [0.29, 0.717) is 43.9 Å². The number of hydrogen-bond donors (Lipinski definition) is 0. The summed E-state index contributed by atoms with van der Waals surface area (Å²) < 4.78 is 20.1. The number of ether oxygens (including phenoxy) is 1. The first kappa shape index (κ1) is 17.1. The molecule has 2 aliphatic rings. The summed E-state index contributed by atoms with van der Waals surface area (Å²) >= 11 is 0. The largest absolute Gasteiger partial charge is 0.368 e. The second-order valence-electron chi connectivity index (χ2n) is 7.15. The molecule has 0 N–H and O–H groups in total. The summed E-state index contributed by atoms with van der Waals surface area (Å²) in [6, 6.07) is 8.51. The van der Waals surface area contributed by atoms with Crippen molar-refractivity contribution in [2.75, 3.05) is 19.7 Å². The molecule has 2 fully saturated rings. The van der Waals surface area contributed by atoms with E-state index in [1.807, 2.05) is 19.9 Å². The van der Waals surface area contributed by atoms with E-state index < -0.39 is 5.41 Å². The third kappa shape index (κ3) is 2.98. The Bertz CT molecular complexity index is 830. The van der Waals surface area contributed by atoms with Gasteiger partial charge in [-0.15, -0.1) is 0 Å². The van der Waals surface area contributed by atoms with Gasteiger partial charge in [-0.2, -0.15) is 0 Å². The Hall–Kier alpha value is -2.34. The molecule has 1 aliphatic heterocycles. The van der Waals surface area contributed by atoms with Gasteiger partial charge in [0.2, 0.25) is 5.91 Å². The lowest BCUT2D eigenvalue weighted by atomic mass is 9.93. The van der Waals surface area contributed by atoms with Gasteiger partial charge in [0.1, 0.15) is 17.7 Å². The zero-order valence-electron chi connectivity index (χ0n) is 15.0. The Balaban J connectivity index is 1.56. The summed E-state index contributed by atoms with van der Waals surface area (Å²) in [7, 11) is 0. The average molecular weight is 355 g/mol. The van der Waals surface area contributed by atoms with Crippen molar-refractivity contribution in [2.45, 2.75) is 38.2 Å². The van der Waals surface area contributed by atoms with Crippen molar-refractivity contribution in [3.63, 3.8) is 0 Å². The fourth-order valence-electron chi connectivity index (χ4n) is 3.80. The smallest absolute Gasteiger partial charge is 0.233 e. The van der Waals surface area contributed by atoms with Crippen LogP contribution in [-0.2, 0) is 14.9 Å². The highest BCUT2D eigenvalue weighted by Gasteiger charge is 2.54. The van der Waals surface area contributed by atoms with E-state index in [-0.39, 0.29) is 17.8 Å². The van der Waals surface area contributed by atoms with Gasteiger partial charge in [-0.1, -0.05) is 18.2 Å². The Kier molecular flexibility index (Phi) is 4.23. The molecule has 1 saturated heterocycles. The number of nitrogens with zero attached hydrogens (tertiary/aromatic N) is 3. The number of aryl methyl sites for hydroxylation is 2. The van der Waals surface area contributed by atoms with E-state index in [0.717, 1.165) is 11.4 Å². The van der Waals surface area contributed by atoms with Crippen molar-refractivity contribution in [1.29, 1.82) is 0 Å². The van der Waals surface area contributed by atoms with E-state index in [1.54, 1.807) is 23.1 Å². The summed E-state index contributed by atoms with van der Waals surface area (Å²) in [5, 5.41) is 0. The summed E-state index contributed by atoms with van der Waals surface area (Å²) in [5.41, 5.74) is 1.49. The monoisotopic (exact) mass is 355 g/mol. The summed E-state index contributed by atoms with van der Waals surface area (Å²) in [4.78, 5) is 23.8. The highest BCUT2D eigenvalue weighted by Crippen LogP contribution is 2.50. The molecule has 1 aliphatic carbocycles. The van der Waals surface area contributed by atoms with Gasteiger partial charge in [-0.3, -0.25) is 4.79 Å². The van der Waals surface area contributed by atoms with Crippen molar-refractivity contribution in [2.24, 2.45) is 0 Å². The standard InChI is InChI=1S/C20H22FN3O2/c1-13-11-17(23-14(2)22-13)18-12-24(9-10-26-18)19(25)20(7-8-20)15-5-3-4-6-16(15)21/h3-6,11,18H,7-10,12H2,1-2H3/t18-/m1/s1. The van der Waals surface area contributed by atoms with Crippen molar-refractivity contribution >= 4 is 5.91 Å². The fraction of sp³-hybridized carbons (Fsp3) is 0.450. The van der Waals surface area contributed by atoms with Gasteiger partial charge >= 0.3 is 0 Å². The number of carbonyl (C=O) groups is 1. The highest BCUT2D eigenvalue weighted by atomic mass is 19.1. The van der Waals surface area contributed by atoms with Crippen molar-refractivity contribution < 1.29 is 13.9 Å². The molecule has 2 heterocycles. The fourth-order valence-corrected chi connectivity index (χ4v) is 3.80. The van der Waals surface area contributed by atoms with Crippen molar-refractivity contribution in [1.82, 2.24) is 14.9 Å². The molecule has 26 heavy (non-hydrogen) atoms. The lowest BCUT2D eigenvalue weighted by Crippen LogP contribution is -2.47. The van der Waals surface area contributed by atoms with Crippen LogP contribution in [0.5, 0.6) is 0 Å². The third-order valence-electron chi connectivity index (χ3n) is 5.22. The Labute approximate surface area is 152 Å². The molecule has 5 nitrogen and oxygen atoms in total. The maximum atomic E-state index is 14.3. The minimum Gasteiger partial charge on any atom is -0.368 e. The predicted molar refractivity (Wildman–Crippen MR) is 94.1 cm³/mol.